The molecule has 0 heterocycles. The molecule has 0 aromatic heterocycles. The summed E-state index contributed by atoms with van der Waals surface area (Å²) in [4.78, 5) is 0. The van der Waals surface area contributed by atoms with E-state index in [1.165, 1.54) is 0 Å². The van der Waals surface area contributed by atoms with Gasteiger partial charge in [0.25, 0.3) is 0 Å². The van der Waals surface area contributed by atoms with Gasteiger partial charge in [0.05, 0.1) is 6.61 Å². The van der Waals surface area contributed by atoms with Crippen molar-refractivity contribution in [2.75, 3.05) is 26.9 Å². The van der Waals surface area contributed by atoms with Crippen molar-refractivity contribution in [3.8, 4) is 5.75 Å². The van der Waals surface area contributed by atoms with Gasteiger partial charge in [-0.25, -0.2) is 0 Å². The topological polar surface area (TPSA) is 30.5 Å². The van der Waals surface area contributed by atoms with E-state index in [-0.39, 0.29) is 0 Å². The molecule has 1 aromatic rings. The summed E-state index contributed by atoms with van der Waals surface area (Å²) in [6.45, 7) is 6.98. The lowest BCUT2D eigenvalue weighted by atomic mass is 9.96. The van der Waals surface area contributed by atoms with Crippen LogP contribution < -0.4 is 10.1 Å². The SMILES string of the molecule is CCNC(CCOc1ccccc1)C(C)CCOC. The third-order valence-corrected chi connectivity index (χ3v) is 3.37. The van der Waals surface area contributed by atoms with Crippen molar-refractivity contribution < 1.29 is 9.47 Å². The number of ether oxygens (including phenoxy) is 2. The molecule has 0 spiro atoms. The van der Waals surface area contributed by atoms with E-state index in [4.69, 9.17) is 9.47 Å². The van der Waals surface area contributed by atoms with Crippen LogP contribution in [0.5, 0.6) is 5.75 Å². The van der Waals surface area contributed by atoms with Crippen molar-refractivity contribution in [3.63, 3.8) is 0 Å². The minimum absolute atomic E-state index is 0.490. The Balaban J connectivity index is 2.32. The van der Waals surface area contributed by atoms with Crippen molar-refractivity contribution in [3.05, 3.63) is 30.3 Å². The highest BCUT2D eigenvalue weighted by atomic mass is 16.5. The van der Waals surface area contributed by atoms with Crippen molar-refractivity contribution >= 4 is 0 Å². The first-order valence-corrected chi connectivity index (χ1v) is 7.18. The van der Waals surface area contributed by atoms with Gasteiger partial charge in [-0.05, 0) is 37.4 Å². The molecular weight excluding hydrogens is 238 g/mol. The number of methoxy groups -OCH3 is 1. The average Bonchev–Trinajstić information content (AvgIpc) is 2.45. The van der Waals surface area contributed by atoms with Gasteiger partial charge in [-0.3, -0.25) is 0 Å². The Morgan fingerprint density at radius 3 is 2.47 bits per heavy atom. The molecule has 0 radical (unpaired) electrons. The number of nitrogens with one attached hydrogen (secondary N) is 1. The van der Waals surface area contributed by atoms with Gasteiger partial charge >= 0.3 is 0 Å². The first-order chi connectivity index (χ1) is 9.27. The Bertz CT molecular complexity index is 316. The first-order valence-electron chi connectivity index (χ1n) is 7.18. The molecule has 1 aromatic carbocycles. The molecular formula is C16H27NO2. The summed E-state index contributed by atoms with van der Waals surface area (Å²) < 4.78 is 10.9. The van der Waals surface area contributed by atoms with Crippen LogP contribution in [0.25, 0.3) is 0 Å². The standard InChI is InChI=1S/C16H27NO2/c1-4-17-16(14(2)10-12-18-3)11-13-19-15-8-6-5-7-9-15/h5-9,14,16-17H,4,10-13H2,1-3H3. The monoisotopic (exact) mass is 265 g/mol. The Hall–Kier alpha value is -1.06. The second kappa shape index (κ2) is 9.82. The summed E-state index contributed by atoms with van der Waals surface area (Å²) in [6.07, 6.45) is 2.10. The Kier molecular flexibility index (Phi) is 8.26. The number of benzene rings is 1. The third kappa shape index (κ3) is 6.60. The average molecular weight is 265 g/mol. The minimum Gasteiger partial charge on any atom is -0.494 e. The summed E-state index contributed by atoms with van der Waals surface area (Å²) in [5.74, 6) is 1.54. The van der Waals surface area contributed by atoms with Crippen LogP contribution in [0.2, 0.25) is 0 Å². The maximum atomic E-state index is 5.77. The highest BCUT2D eigenvalue weighted by Gasteiger charge is 2.15. The number of para-hydroxylation sites is 1. The van der Waals surface area contributed by atoms with E-state index >= 15 is 0 Å². The zero-order valence-corrected chi connectivity index (χ0v) is 12.4. The molecule has 0 bridgehead atoms. The lowest BCUT2D eigenvalue weighted by Crippen LogP contribution is -2.36. The van der Waals surface area contributed by atoms with Crippen LogP contribution in [0.1, 0.15) is 26.7 Å². The fraction of sp³-hybridized carbons (Fsp3) is 0.625. The molecule has 0 amide bonds. The minimum atomic E-state index is 0.490. The lowest BCUT2D eigenvalue weighted by molar-refractivity contribution is 0.164. The molecule has 3 heteroatoms. The normalized spacial score (nSPS) is 14.1. The summed E-state index contributed by atoms with van der Waals surface area (Å²) in [6, 6.07) is 10.5. The largest absolute Gasteiger partial charge is 0.494 e. The summed E-state index contributed by atoms with van der Waals surface area (Å²) in [5.41, 5.74) is 0. The van der Waals surface area contributed by atoms with Crippen LogP contribution in [0, 0.1) is 5.92 Å². The molecule has 0 aliphatic carbocycles. The molecule has 0 aliphatic heterocycles. The summed E-state index contributed by atoms with van der Waals surface area (Å²) >= 11 is 0. The fourth-order valence-electron chi connectivity index (χ4n) is 2.18. The van der Waals surface area contributed by atoms with Gasteiger partial charge in [0.1, 0.15) is 5.75 Å². The number of hydrogen-bond acceptors (Lipinski definition) is 3. The van der Waals surface area contributed by atoms with Gasteiger partial charge in [0.2, 0.25) is 0 Å². The summed E-state index contributed by atoms with van der Waals surface area (Å²) in [7, 11) is 1.76. The Morgan fingerprint density at radius 1 is 1.11 bits per heavy atom. The van der Waals surface area contributed by atoms with E-state index < -0.39 is 0 Å². The van der Waals surface area contributed by atoms with Gasteiger partial charge in [-0.1, -0.05) is 32.0 Å². The molecule has 3 nitrogen and oxygen atoms in total. The molecule has 2 unspecified atom stereocenters. The zero-order valence-electron chi connectivity index (χ0n) is 12.4. The van der Waals surface area contributed by atoms with Crippen molar-refractivity contribution in [1.29, 1.82) is 0 Å². The molecule has 1 rings (SSSR count). The molecule has 0 saturated heterocycles. The molecule has 0 saturated carbocycles. The molecule has 0 fully saturated rings. The second-order valence-corrected chi connectivity index (χ2v) is 4.87. The van der Waals surface area contributed by atoms with Crippen molar-refractivity contribution in [2.24, 2.45) is 5.92 Å². The van der Waals surface area contributed by atoms with E-state index in [9.17, 15) is 0 Å². The maximum absolute atomic E-state index is 5.77. The van der Waals surface area contributed by atoms with Crippen LogP contribution in [-0.2, 0) is 4.74 Å². The molecule has 0 aliphatic rings. The number of hydrogen-bond donors (Lipinski definition) is 1. The van der Waals surface area contributed by atoms with Gasteiger partial charge in [-0.15, -0.1) is 0 Å². The zero-order chi connectivity index (χ0) is 13.9. The van der Waals surface area contributed by atoms with E-state index in [0.29, 0.717) is 12.0 Å². The van der Waals surface area contributed by atoms with Crippen LogP contribution in [0.15, 0.2) is 30.3 Å². The predicted octanol–water partition coefficient (Wildman–Crippen LogP) is 3.11. The first kappa shape index (κ1) is 16.0. The predicted molar refractivity (Wildman–Crippen MR) is 79.7 cm³/mol. The van der Waals surface area contributed by atoms with Crippen LogP contribution in [0.4, 0.5) is 0 Å². The molecule has 1 N–H and O–H groups in total. The van der Waals surface area contributed by atoms with E-state index in [0.717, 1.165) is 38.3 Å². The van der Waals surface area contributed by atoms with E-state index in [2.05, 4.69) is 19.2 Å². The smallest absolute Gasteiger partial charge is 0.119 e. The quantitative estimate of drug-likeness (QED) is 0.705. The van der Waals surface area contributed by atoms with Crippen molar-refractivity contribution in [1.82, 2.24) is 5.32 Å². The fourth-order valence-corrected chi connectivity index (χ4v) is 2.18. The lowest BCUT2D eigenvalue weighted by Gasteiger charge is -2.24. The second-order valence-electron chi connectivity index (χ2n) is 4.87. The van der Waals surface area contributed by atoms with Gasteiger partial charge in [-0.2, -0.15) is 0 Å². The van der Waals surface area contributed by atoms with Gasteiger partial charge in [0.15, 0.2) is 0 Å². The van der Waals surface area contributed by atoms with Gasteiger partial charge in [0, 0.05) is 19.8 Å². The summed E-state index contributed by atoms with van der Waals surface area (Å²) in [5, 5.41) is 3.54. The third-order valence-electron chi connectivity index (χ3n) is 3.37. The molecule has 2 atom stereocenters. The Morgan fingerprint density at radius 2 is 1.84 bits per heavy atom. The van der Waals surface area contributed by atoms with Gasteiger partial charge < -0.3 is 14.8 Å². The molecule has 19 heavy (non-hydrogen) atoms. The highest BCUT2D eigenvalue weighted by Crippen LogP contribution is 2.14. The molecule has 108 valence electrons. The van der Waals surface area contributed by atoms with E-state index in [1.807, 2.05) is 30.3 Å². The highest BCUT2D eigenvalue weighted by molar-refractivity contribution is 5.20. The maximum Gasteiger partial charge on any atom is 0.119 e. The Labute approximate surface area is 117 Å². The van der Waals surface area contributed by atoms with Crippen molar-refractivity contribution in [2.45, 2.75) is 32.7 Å². The van der Waals surface area contributed by atoms with Crippen LogP contribution >= 0.6 is 0 Å². The van der Waals surface area contributed by atoms with E-state index in [1.54, 1.807) is 7.11 Å². The van der Waals surface area contributed by atoms with Crippen LogP contribution in [-0.4, -0.2) is 32.9 Å². The number of rotatable bonds is 10. The van der Waals surface area contributed by atoms with Crippen LogP contribution in [0.3, 0.4) is 0 Å².